The predicted molar refractivity (Wildman–Crippen MR) is 161 cm³/mol. The number of halogens is 2. The quantitative estimate of drug-likeness (QED) is 0.176. The van der Waals surface area contributed by atoms with Gasteiger partial charge in [0.2, 0.25) is 5.91 Å². The van der Waals surface area contributed by atoms with E-state index in [1.807, 2.05) is 36.4 Å². The number of hydrogen-bond donors (Lipinski definition) is 2. The molecule has 9 heteroatoms. The SMILES string of the molecule is COc1ccc(CCC(=O)NC(C)(COCc2ccccc2)C(=O)Nc2ccc(Oc3ccc(F)cc3)cc2)cc1Cl. The fourth-order valence-electron chi connectivity index (χ4n) is 4.11. The number of hydrogen-bond acceptors (Lipinski definition) is 5. The van der Waals surface area contributed by atoms with Crippen LogP contribution in [0.5, 0.6) is 17.2 Å². The lowest BCUT2D eigenvalue weighted by Crippen LogP contribution is -2.57. The van der Waals surface area contributed by atoms with Gasteiger partial charge in [0.25, 0.3) is 5.91 Å². The Morgan fingerprint density at radius 3 is 2.19 bits per heavy atom. The third-order valence-corrected chi connectivity index (χ3v) is 6.73. The van der Waals surface area contributed by atoms with E-state index in [1.165, 1.54) is 31.4 Å². The van der Waals surface area contributed by atoms with Crippen molar-refractivity contribution >= 4 is 29.1 Å². The topological polar surface area (TPSA) is 85.9 Å². The molecule has 4 aromatic carbocycles. The number of rotatable bonds is 13. The molecule has 0 saturated heterocycles. The maximum Gasteiger partial charge on any atom is 0.252 e. The molecule has 4 rings (SSSR count). The zero-order valence-corrected chi connectivity index (χ0v) is 24.1. The first kappa shape index (κ1) is 30.6. The molecule has 42 heavy (non-hydrogen) atoms. The monoisotopic (exact) mass is 590 g/mol. The average molecular weight is 591 g/mol. The molecule has 7 nitrogen and oxygen atoms in total. The molecular formula is C33H32ClFN2O5. The average Bonchev–Trinajstić information content (AvgIpc) is 2.99. The van der Waals surface area contributed by atoms with Crippen molar-refractivity contribution in [1.29, 1.82) is 0 Å². The Kier molecular flexibility index (Phi) is 10.5. The smallest absolute Gasteiger partial charge is 0.252 e. The van der Waals surface area contributed by atoms with E-state index in [0.29, 0.717) is 34.4 Å². The minimum absolute atomic E-state index is 0.0560. The van der Waals surface area contributed by atoms with Crippen LogP contribution in [0.2, 0.25) is 5.02 Å². The number of amides is 2. The van der Waals surface area contributed by atoms with E-state index in [2.05, 4.69) is 10.6 Å². The second-order valence-electron chi connectivity index (χ2n) is 9.86. The highest BCUT2D eigenvalue weighted by atomic mass is 35.5. The molecule has 0 radical (unpaired) electrons. The van der Waals surface area contributed by atoms with Crippen LogP contribution in [0.3, 0.4) is 0 Å². The molecule has 2 amide bonds. The van der Waals surface area contributed by atoms with Crippen LogP contribution >= 0.6 is 11.6 Å². The lowest BCUT2D eigenvalue weighted by atomic mass is 10.0. The molecule has 0 aliphatic carbocycles. The largest absolute Gasteiger partial charge is 0.495 e. The van der Waals surface area contributed by atoms with Crippen molar-refractivity contribution < 1.29 is 28.2 Å². The van der Waals surface area contributed by atoms with Gasteiger partial charge < -0.3 is 24.8 Å². The number of carbonyl (C=O) groups is 2. The van der Waals surface area contributed by atoms with Crippen LogP contribution in [-0.4, -0.2) is 31.1 Å². The Hall–Kier alpha value is -4.40. The first-order valence-electron chi connectivity index (χ1n) is 13.3. The van der Waals surface area contributed by atoms with Crippen molar-refractivity contribution in [1.82, 2.24) is 5.32 Å². The molecule has 218 valence electrons. The summed E-state index contributed by atoms with van der Waals surface area (Å²) >= 11 is 6.22. The summed E-state index contributed by atoms with van der Waals surface area (Å²) in [4.78, 5) is 26.5. The van der Waals surface area contributed by atoms with E-state index >= 15 is 0 Å². The number of methoxy groups -OCH3 is 1. The summed E-state index contributed by atoms with van der Waals surface area (Å²) in [5.74, 6) is 0.444. The van der Waals surface area contributed by atoms with Crippen molar-refractivity contribution in [2.24, 2.45) is 0 Å². The molecule has 0 saturated carbocycles. The molecule has 0 bridgehead atoms. The first-order chi connectivity index (χ1) is 20.2. The second-order valence-corrected chi connectivity index (χ2v) is 10.3. The van der Waals surface area contributed by atoms with E-state index in [4.69, 9.17) is 25.8 Å². The number of aryl methyl sites for hydroxylation is 1. The van der Waals surface area contributed by atoms with Gasteiger partial charge in [-0.05, 0) is 85.1 Å². The molecule has 1 atom stereocenters. The Balaban J connectivity index is 1.41. The summed E-state index contributed by atoms with van der Waals surface area (Å²) in [6.45, 7) is 1.85. The van der Waals surface area contributed by atoms with Gasteiger partial charge in [-0.2, -0.15) is 0 Å². The fraction of sp³-hybridized carbons (Fsp3) is 0.212. The standard InChI is InChI=1S/C33H32ClFN2O5/c1-33(22-41-21-24-6-4-3-5-7-24,37-31(38)19-9-23-8-18-30(40-2)29(34)20-23)32(39)36-26-12-16-28(17-13-26)42-27-14-10-25(35)11-15-27/h3-8,10-18,20H,9,19,21-22H2,1-2H3,(H,36,39)(H,37,38). The minimum atomic E-state index is -1.37. The summed E-state index contributed by atoms with van der Waals surface area (Å²) in [5.41, 5.74) is 0.945. The van der Waals surface area contributed by atoms with E-state index in [9.17, 15) is 14.0 Å². The van der Waals surface area contributed by atoms with Crippen molar-refractivity contribution in [2.45, 2.75) is 31.9 Å². The van der Waals surface area contributed by atoms with Crippen LogP contribution in [0.25, 0.3) is 0 Å². The van der Waals surface area contributed by atoms with Crippen molar-refractivity contribution in [3.8, 4) is 17.2 Å². The van der Waals surface area contributed by atoms with Crippen LogP contribution in [0.1, 0.15) is 24.5 Å². The van der Waals surface area contributed by atoms with Crippen molar-refractivity contribution in [3.05, 3.63) is 119 Å². The second kappa shape index (κ2) is 14.5. The van der Waals surface area contributed by atoms with Gasteiger partial charge in [0.15, 0.2) is 0 Å². The zero-order chi connectivity index (χ0) is 30.0. The van der Waals surface area contributed by atoms with Gasteiger partial charge in [-0.25, -0.2) is 4.39 Å². The first-order valence-corrected chi connectivity index (χ1v) is 13.7. The maximum absolute atomic E-state index is 13.5. The molecule has 0 heterocycles. The molecule has 2 N–H and O–H groups in total. The minimum Gasteiger partial charge on any atom is -0.495 e. The van der Waals surface area contributed by atoms with Crippen molar-refractivity contribution in [3.63, 3.8) is 0 Å². The summed E-state index contributed by atoms with van der Waals surface area (Å²) in [7, 11) is 1.54. The van der Waals surface area contributed by atoms with E-state index in [0.717, 1.165) is 11.1 Å². The van der Waals surface area contributed by atoms with Crippen molar-refractivity contribution in [2.75, 3.05) is 19.0 Å². The molecule has 0 aliphatic rings. The highest BCUT2D eigenvalue weighted by molar-refractivity contribution is 6.32. The summed E-state index contributed by atoms with van der Waals surface area (Å²) < 4.78 is 30.0. The lowest BCUT2D eigenvalue weighted by molar-refractivity contribution is -0.132. The lowest BCUT2D eigenvalue weighted by Gasteiger charge is -2.29. The van der Waals surface area contributed by atoms with Crippen LogP contribution in [-0.2, 0) is 27.4 Å². The van der Waals surface area contributed by atoms with Gasteiger partial charge in [0.05, 0.1) is 25.3 Å². The normalized spacial score (nSPS) is 12.2. The van der Waals surface area contributed by atoms with Gasteiger partial charge in [0, 0.05) is 12.1 Å². The van der Waals surface area contributed by atoms with E-state index in [1.54, 1.807) is 43.3 Å². The molecule has 0 fully saturated rings. The molecule has 0 spiro atoms. The molecule has 4 aromatic rings. The van der Waals surface area contributed by atoms with E-state index < -0.39 is 11.4 Å². The van der Waals surface area contributed by atoms with Crippen LogP contribution in [0.15, 0.2) is 97.1 Å². The third kappa shape index (κ3) is 8.80. The summed E-state index contributed by atoms with van der Waals surface area (Å²) in [6.07, 6.45) is 0.563. The van der Waals surface area contributed by atoms with Crippen LogP contribution in [0, 0.1) is 5.82 Å². The van der Waals surface area contributed by atoms with Crippen LogP contribution in [0.4, 0.5) is 10.1 Å². The van der Waals surface area contributed by atoms with E-state index in [-0.39, 0.29) is 31.4 Å². The number of carbonyl (C=O) groups excluding carboxylic acids is 2. The highest BCUT2D eigenvalue weighted by Crippen LogP contribution is 2.26. The zero-order valence-electron chi connectivity index (χ0n) is 23.4. The third-order valence-electron chi connectivity index (χ3n) is 6.44. The highest BCUT2D eigenvalue weighted by Gasteiger charge is 2.35. The fourth-order valence-corrected chi connectivity index (χ4v) is 4.39. The molecular weight excluding hydrogens is 559 g/mol. The number of anilines is 1. The Morgan fingerprint density at radius 1 is 0.881 bits per heavy atom. The molecule has 1 unspecified atom stereocenters. The Labute approximate surface area is 249 Å². The number of ether oxygens (including phenoxy) is 3. The number of nitrogens with one attached hydrogen (secondary N) is 2. The summed E-state index contributed by atoms with van der Waals surface area (Å²) in [5, 5.41) is 6.19. The summed E-state index contributed by atoms with van der Waals surface area (Å²) in [6, 6.07) is 27.3. The van der Waals surface area contributed by atoms with Gasteiger partial charge >= 0.3 is 0 Å². The maximum atomic E-state index is 13.5. The Morgan fingerprint density at radius 2 is 1.55 bits per heavy atom. The predicted octanol–water partition coefficient (Wildman–Crippen LogP) is 6.94. The van der Waals surface area contributed by atoms with Gasteiger partial charge in [0.1, 0.15) is 28.6 Å². The van der Waals surface area contributed by atoms with Gasteiger partial charge in [-0.1, -0.05) is 48.0 Å². The van der Waals surface area contributed by atoms with Gasteiger partial charge in [-0.15, -0.1) is 0 Å². The molecule has 0 aromatic heterocycles. The Bertz CT molecular complexity index is 1480. The van der Waals surface area contributed by atoms with Gasteiger partial charge in [-0.3, -0.25) is 9.59 Å². The van der Waals surface area contributed by atoms with Crippen LogP contribution < -0.4 is 20.1 Å². The number of benzene rings is 4. The molecule has 0 aliphatic heterocycles.